The zero-order chi connectivity index (χ0) is 20.4. The standard InChI is InChI=1S/C21H38N4O2S.HI/c1-6-22-20(23-16-21(10-8-9-11-21)12-13-27-7-2)25(4)14-18-15-28-19(24-18)17(3)26-5;/h15,17H,6-14,16H2,1-5H3,(H,22,23);1H. The molecule has 0 bridgehead atoms. The van der Waals surface area contributed by atoms with E-state index in [9.17, 15) is 0 Å². The molecule has 0 saturated heterocycles. The molecule has 1 fully saturated rings. The van der Waals surface area contributed by atoms with Crippen LogP contribution in [0.2, 0.25) is 0 Å². The molecule has 0 aromatic carbocycles. The summed E-state index contributed by atoms with van der Waals surface area (Å²) in [6, 6.07) is 0. The van der Waals surface area contributed by atoms with Gasteiger partial charge in [-0.1, -0.05) is 12.8 Å². The zero-order valence-electron chi connectivity index (χ0n) is 18.7. The molecule has 1 atom stereocenters. The maximum atomic E-state index is 5.64. The second-order valence-corrected chi connectivity index (χ2v) is 8.62. The number of aliphatic imine (C=N–C) groups is 1. The van der Waals surface area contributed by atoms with Crippen molar-refractivity contribution in [2.45, 2.75) is 65.5 Å². The van der Waals surface area contributed by atoms with E-state index in [0.29, 0.717) is 5.41 Å². The molecule has 1 unspecified atom stereocenters. The van der Waals surface area contributed by atoms with Gasteiger partial charge in [0.15, 0.2) is 5.96 Å². The van der Waals surface area contributed by atoms with E-state index in [0.717, 1.165) is 55.9 Å². The van der Waals surface area contributed by atoms with Crippen molar-refractivity contribution in [3.8, 4) is 0 Å². The molecule has 1 heterocycles. The van der Waals surface area contributed by atoms with Gasteiger partial charge in [0.1, 0.15) is 11.1 Å². The average Bonchev–Trinajstić information content (AvgIpc) is 3.35. The van der Waals surface area contributed by atoms with Crippen molar-refractivity contribution in [3.63, 3.8) is 0 Å². The monoisotopic (exact) mass is 538 g/mol. The van der Waals surface area contributed by atoms with Crippen molar-refractivity contribution in [2.24, 2.45) is 10.4 Å². The molecule has 0 radical (unpaired) electrons. The quantitative estimate of drug-likeness (QED) is 0.189. The van der Waals surface area contributed by atoms with Crippen LogP contribution >= 0.6 is 35.3 Å². The highest BCUT2D eigenvalue weighted by atomic mass is 127. The minimum Gasteiger partial charge on any atom is -0.382 e. The van der Waals surface area contributed by atoms with E-state index in [1.165, 1.54) is 25.7 Å². The number of hydrogen-bond donors (Lipinski definition) is 1. The molecule has 2 rings (SSSR count). The molecule has 1 aromatic rings. The molecule has 8 heteroatoms. The van der Waals surface area contributed by atoms with Gasteiger partial charge in [-0.3, -0.25) is 4.99 Å². The van der Waals surface area contributed by atoms with E-state index in [1.807, 2.05) is 6.92 Å². The van der Waals surface area contributed by atoms with Gasteiger partial charge in [-0.15, -0.1) is 35.3 Å². The van der Waals surface area contributed by atoms with Crippen LogP contribution in [0.15, 0.2) is 10.4 Å². The van der Waals surface area contributed by atoms with Gasteiger partial charge in [0, 0.05) is 45.8 Å². The predicted octanol–water partition coefficient (Wildman–Crippen LogP) is 4.85. The molecule has 0 aliphatic heterocycles. The van der Waals surface area contributed by atoms with Gasteiger partial charge in [0.05, 0.1) is 12.2 Å². The first kappa shape index (κ1) is 26.6. The summed E-state index contributed by atoms with van der Waals surface area (Å²) in [6.07, 6.45) is 6.30. The second kappa shape index (κ2) is 13.8. The van der Waals surface area contributed by atoms with Crippen molar-refractivity contribution >= 4 is 41.3 Å². The van der Waals surface area contributed by atoms with Crippen molar-refractivity contribution < 1.29 is 9.47 Å². The molecule has 168 valence electrons. The van der Waals surface area contributed by atoms with Gasteiger partial charge < -0.3 is 19.7 Å². The number of aromatic nitrogens is 1. The third kappa shape index (κ3) is 8.30. The summed E-state index contributed by atoms with van der Waals surface area (Å²) in [6.45, 7) is 10.3. The van der Waals surface area contributed by atoms with Crippen molar-refractivity contribution in [3.05, 3.63) is 16.1 Å². The summed E-state index contributed by atoms with van der Waals surface area (Å²) in [5.74, 6) is 0.958. The lowest BCUT2D eigenvalue weighted by Crippen LogP contribution is -2.39. The third-order valence-corrected chi connectivity index (χ3v) is 6.63. The minimum absolute atomic E-state index is 0. The van der Waals surface area contributed by atoms with Gasteiger partial charge in [-0.2, -0.15) is 0 Å². The van der Waals surface area contributed by atoms with Crippen LogP contribution in [-0.2, 0) is 16.0 Å². The molecule has 0 spiro atoms. The molecule has 1 aliphatic rings. The Morgan fingerprint density at radius 1 is 1.38 bits per heavy atom. The Morgan fingerprint density at radius 2 is 2.10 bits per heavy atom. The fraction of sp³-hybridized carbons (Fsp3) is 0.810. The van der Waals surface area contributed by atoms with E-state index in [4.69, 9.17) is 19.5 Å². The molecule has 1 N–H and O–H groups in total. The predicted molar refractivity (Wildman–Crippen MR) is 132 cm³/mol. The smallest absolute Gasteiger partial charge is 0.194 e. The van der Waals surface area contributed by atoms with E-state index < -0.39 is 0 Å². The highest BCUT2D eigenvalue weighted by molar-refractivity contribution is 14.0. The molecular formula is C21H39IN4O2S. The third-order valence-electron chi connectivity index (χ3n) is 5.58. The van der Waals surface area contributed by atoms with E-state index in [-0.39, 0.29) is 30.1 Å². The molecular weight excluding hydrogens is 499 g/mol. The lowest BCUT2D eigenvalue weighted by molar-refractivity contribution is 0.107. The summed E-state index contributed by atoms with van der Waals surface area (Å²) in [4.78, 5) is 11.9. The Morgan fingerprint density at radius 3 is 2.72 bits per heavy atom. The summed E-state index contributed by atoms with van der Waals surface area (Å²) in [7, 11) is 3.81. The number of nitrogens with zero attached hydrogens (tertiary/aromatic N) is 3. The number of thiazole rings is 1. The van der Waals surface area contributed by atoms with Crippen LogP contribution < -0.4 is 5.32 Å². The number of ether oxygens (including phenoxy) is 2. The molecule has 0 amide bonds. The van der Waals surface area contributed by atoms with Gasteiger partial charge in [-0.25, -0.2) is 4.98 Å². The number of nitrogens with one attached hydrogen (secondary N) is 1. The van der Waals surface area contributed by atoms with Crippen LogP contribution in [0.5, 0.6) is 0 Å². The lowest BCUT2D eigenvalue weighted by atomic mass is 9.83. The van der Waals surface area contributed by atoms with E-state index in [1.54, 1.807) is 18.4 Å². The highest BCUT2D eigenvalue weighted by Gasteiger charge is 2.33. The maximum absolute atomic E-state index is 5.64. The van der Waals surface area contributed by atoms with Crippen LogP contribution in [0, 0.1) is 5.41 Å². The SMILES string of the molecule is CCNC(=NCC1(CCOCC)CCCC1)N(C)Cc1csc(C(C)OC)n1.I. The Balaban J connectivity index is 0.00000420. The van der Waals surface area contributed by atoms with Crippen molar-refractivity contribution in [2.75, 3.05) is 40.5 Å². The molecule has 1 saturated carbocycles. The largest absolute Gasteiger partial charge is 0.382 e. The van der Waals surface area contributed by atoms with Gasteiger partial charge in [-0.05, 0) is 45.4 Å². The molecule has 6 nitrogen and oxygen atoms in total. The van der Waals surface area contributed by atoms with Gasteiger partial charge in [0.25, 0.3) is 0 Å². The maximum Gasteiger partial charge on any atom is 0.194 e. The Hall–Kier alpha value is -0.450. The number of methoxy groups -OCH3 is 1. The first-order chi connectivity index (χ1) is 13.5. The number of hydrogen-bond acceptors (Lipinski definition) is 5. The molecule has 29 heavy (non-hydrogen) atoms. The van der Waals surface area contributed by atoms with Gasteiger partial charge in [0.2, 0.25) is 0 Å². The second-order valence-electron chi connectivity index (χ2n) is 7.74. The number of rotatable bonds is 11. The Kier molecular flexibility index (Phi) is 12.6. The summed E-state index contributed by atoms with van der Waals surface area (Å²) in [5, 5.41) is 6.59. The highest BCUT2D eigenvalue weighted by Crippen LogP contribution is 2.41. The summed E-state index contributed by atoms with van der Waals surface area (Å²) >= 11 is 1.66. The van der Waals surface area contributed by atoms with Crippen LogP contribution in [0.25, 0.3) is 0 Å². The minimum atomic E-state index is 0. The van der Waals surface area contributed by atoms with Crippen LogP contribution in [0.1, 0.15) is 69.7 Å². The topological polar surface area (TPSA) is 59.0 Å². The van der Waals surface area contributed by atoms with Crippen molar-refractivity contribution in [1.82, 2.24) is 15.2 Å². The van der Waals surface area contributed by atoms with E-state index >= 15 is 0 Å². The van der Waals surface area contributed by atoms with Gasteiger partial charge >= 0.3 is 0 Å². The molecule has 1 aromatic heterocycles. The zero-order valence-corrected chi connectivity index (χ0v) is 21.8. The number of guanidine groups is 1. The Bertz CT molecular complexity index is 605. The average molecular weight is 539 g/mol. The number of halogens is 1. The van der Waals surface area contributed by atoms with Crippen molar-refractivity contribution in [1.29, 1.82) is 0 Å². The normalized spacial score (nSPS) is 17.1. The fourth-order valence-electron chi connectivity index (χ4n) is 3.76. The first-order valence-electron chi connectivity index (χ1n) is 10.6. The first-order valence-corrected chi connectivity index (χ1v) is 11.5. The summed E-state index contributed by atoms with van der Waals surface area (Å²) < 4.78 is 11.0. The molecule has 1 aliphatic carbocycles. The fourth-order valence-corrected chi connectivity index (χ4v) is 4.60. The van der Waals surface area contributed by atoms with E-state index in [2.05, 4.69) is 36.5 Å². The lowest BCUT2D eigenvalue weighted by Gasteiger charge is -2.29. The van der Waals surface area contributed by atoms with Crippen LogP contribution in [0.4, 0.5) is 0 Å². The van der Waals surface area contributed by atoms with Crippen LogP contribution in [-0.4, -0.2) is 56.3 Å². The summed E-state index contributed by atoms with van der Waals surface area (Å²) in [5.41, 5.74) is 1.36. The Labute approximate surface area is 197 Å². The van der Waals surface area contributed by atoms with Crippen LogP contribution in [0.3, 0.4) is 0 Å².